The Morgan fingerprint density at radius 3 is 2.48 bits per heavy atom. The highest BCUT2D eigenvalue weighted by atomic mass is 35.5. The number of halogens is 2. The molecule has 3 aromatic rings. The molecule has 0 spiro atoms. The number of ether oxygens (including phenoxy) is 1. The lowest BCUT2D eigenvalue weighted by molar-refractivity contribution is -0.249. The van der Waals surface area contributed by atoms with E-state index in [9.17, 15) is 14.3 Å². The Morgan fingerprint density at radius 2 is 1.80 bits per heavy atom. The van der Waals surface area contributed by atoms with Gasteiger partial charge in [0.05, 0.1) is 29.9 Å². The fourth-order valence-corrected chi connectivity index (χ4v) is 5.91. The number of likely N-dealkylation sites (tertiary alicyclic amines) is 1. The van der Waals surface area contributed by atoms with Gasteiger partial charge in [0.25, 0.3) is 0 Å². The standard InChI is InChI=1S/C31H33ClFN3O4/c32-26-16-21(6-12-28(26)40-24-9-10-24)30(37)27(17-35-13-1-2-14-35)36-29(31(34)38)25-11-5-20(15-22(25)18-39-36)19-3-7-23(33)8-4-19/h3-8,11-12,15-16,24,27,29-30,37H,1-2,9-10,13-14,17-18H2,(H2,34,38)/t27-,29?,30-/m1/s1. The molecule has 210 valence electrons. The van der Waals surface area contributed by atoms with Gasteiger partial charge in [-0.3, -0.25) is 9.63 Å². The number of hydrogen-bond acceptors (Lipinski definition) is 6. The molecule has 0 bridgehead atoms. The van der Waals surface area contributed by atoms with Crippen molar-refractivity contribution < 1.29 is 23.9 Å². The third-order valence-corrected chi connectivity index (χ3v) is 8.25. The van der Waals surface area contributed by atoms with Crippen molar-refractivity contribution in [3.8, 4) is 16.9 Å². The van der Waals surface area contributed by atoms with Crippen LogP contribution in [0.3, 0.4) is 0 Å². The van der Waals surface area contributed by atoms with Gasteiger partial charge in [-0.25, -0.2) is 4.39 Å². The second kappa shape index (κ2) is 11.5. The fraction of sp³-hybridized carbons (Fsp3) is 0.387. The van der Waals surface area contributed by atoms with Gasteiger partial charge in [0, 0.05) is 6.54 Å². The summed E-state index contributed by atoms with van der Waals surface area (Å²) in [5, 5.41) is 13.7. The Morgan fingerprint density at radius 1 is 1.07 bits per heavy atom. The maximum Gasteiger partial charge on any atom is 0.241 e. The quantitative estimate of drug-likeness (QED) is 0.373. The van der Waals surface area contributed by atoms with Gasteiger partial charge in [-0.2, -0.15) is 5.06 Å². The molecule has 1 unspecified atom stereocenters. The molecule has 1 saturated heterocycles. The highest BCUT2D eigenvalue weighted by Crippen LogP contribution is 2.39. The summed E-state index contributed by atoms with van der Waals surface area (Å²) >= 11 is 6.54. The molecule has 3 atom stereocenters. The van der Waals surface area contributed by atoms with Crippen LogP contribution in [-0.2, 0) is 16.2 Å². The number of nitrogens with zero attached hydrogens (tertiary/aromatic N) is 2. The molecule has 0 aromatic heterocycles. The van der Waals surface area contributed by atoms with Crippen molar-refractivity contribution in [3.05, 3.63) is 88.2 Å². The van der Waals surface area contributed by atoms with Gasteiger partial charge in [-0.1, -0.05) is 41.9 Å². The molecule has 3 aromatic carbocycles. The zero-order chi connectivity index (χ0) is 27.8. The summed E-state index contributed by atoms with van der Waals surface area (Å²) in [6.45, 7) is 2.51. The topological polar surface area (TPSA) is 88.3 Å². The van der Waals surface area contributed by atoms with Crippen LogP contribution < -0.4 is 10.5 Å². The number of hydroxylamine groups is 2. The van der Waals surface area contributed by atoms with Crippen molar-refractivity contribution in [3.63, 3.8) is 0 Å². The molecule has 1 saturated carbocycles. The van der Waals surface area contributed by atoms with Crippen LogP contribution in [0.5, 0.6) is 5.75 Å². The van der Waals surface area contributed by atoms with Crippen LogP contribution in [0.4, 0.5) is 4.39 Å². The number of aliphatic hydroxyl groups excluding tert-OH is 1. The monoisotopic (exact) mass is 565 g/mol. The van der Waals surface area contributed by atoms with Gasteiger partial charge in [0.2, 0.25) is 5.91 Å². The number of aliphatic hydroxyl groups is 1. The minimum atomic E-state index is -1.00. The zero-order valence-electron chi connectivity index (χ0n) is 22.1. The third-order valence-electron chi connectivity index (χ3n) is 7.96. The molecule has 9 heteroatoms. The molecular formula is C31H33ClFN3O4. The number of benzene rings is 3. The molecule has 0 radical (unpaired) electrons. The minimum absolute atomic E-state index is 0.201. The number of carbonyl (C=O) groups excluding carboxylic acids is 1. The van der Waals surface area contributed by atoms with Crippen molar-refractivity contribution in [2.45, 2.75) is 56.6 Å². The molecule has 1 amide bonds. The number of carbonyl (C=O) groups is 1. The summed E-state index contributed by atoms with van der Waals surface area (Å²) in [7, 11) is 0. The maximum absolute atomic E-state index is 13.4. The molecule has 1 aliphatic carbocycles. The van der Waals surface area contributed by atoms with Gasteiger partial charge in [-0.05, 0) is 96.9 Å². The first-order chi connectivity index (χ1) is 19.4. The van der Waals surface area contributed by atoms with Gasteiger partial charge in [-0.15, -0.1) is 0 Å². The second-order valence-corrected chi connectivity index (χ2v) is 11.3. The summed E-state index contributed by atoms with van der Waals surface area (Å²) < 4.78 is 19.3. The highest BCUT2D eigenvalue weighted by Gasteiger charge is 2.42. The lowest BCUT2D eigenvalue weighted by Gasteiger charge is -2.42. The normalized spacial score (nSPS) is 21.1. The average Bonchev–Trinajstić information content (AvgIpc) is 3.62. The van der Waals surface area contributed by atoms with Crippen molar-refractivity contribution in [1.82, 2.24) is 9.96 Å². The summed E-state index contributed by atoms with van der Waals surface area (Å²) in [5.74, 6) is -0.268. The van der Waals surface area contributed by atoms with Crippen molar-refractivity contribution >= 4 is 17.5 Å². The first-order valence-corrected chi connectivity index (χ1v) is 14.2. The van der Waals surface area contributed by atoms with E-state index in [0.717, 1.165) is 61.0 Å². The number of nitrogens with two attached hydrogens (primary N) is 1. The number of primary amides is 1. The first-order valence-electron chi connectivity index (χ1n) is 13.8. The average molecular weight is 566 g/mol. The molecule has 2 heterocycles. The number of hydrogen-bond donors (Lipinski definition) is 2. The van der Waals surface area contributed by atoms with E-state index in [1.807, 2.05) is 24.3 Å². The van der Waals surface area contributed by atoms with E-state index in [-0.39, 0.29) is 18.5 Å². The Balaban J connectivity index is 1.31. The predicted molar refractivity (Wildman–Crippen MR) is 150 cm³/mol. The molecule has 7 nitrogen and oxygen atoms in total. The lowest BCUT2D eigenvalue weighted by atomic mass is 9.92. The summed E-state index contributed by atoms with van der Waals surface area (Å²) in [4.78, 5) is 21.5. The van der Waals surface area contributed by atoms with E-state index in [2.05, 4.69) is 4.90 Å². The first kappa shape index (κ1) is 27.2. The molecule has 3 N–H and O–H groups in total. The molecule has 3 aliphatic rings. The molecule has 2 fully saturated rings. The second-order valence-electron chi connectivity index (χ2n) is 10.9. The van der Waals surface area contributed by atoms with Gasteiger partial charge in [0.1, 0.15) is 17.6 Å². The predicted octanol–water partition coefficient (Wildman–Crippen LogP) is 5.16. The van der Waals surface area contributed by atoms with E-state index in [1.54, 1.807) is 29.3 Å². The Hall–Kier alpha value is -3.01. The largest absolute Gasteiger partial charge is 0.489 e. The SMILES string of the molecule is NC(=O)C1c2ccc(-c3ccc(F)cc3)cc2CON1[C@H](CN1CCCC1)[C@H](O)c1ccc(OC2CC2)c(Cl)c1. The number of amides is 1. The highest BCUT2D eigenvalue weighted by molar-refractivity contribution is 6.32. The van der Waals surface area contributed by atoms with Crippen molar-refractivity contribution in [2.24, 2.45) is 5.73 Å². The minimum Gasteiger partial charge on any atom is -0.489 e. The molecule has 40 heavy (non-hydrogen) atoms. The maximum atomic E-state index is 13.4. The molecule has 6 rings (SSSR count). The van der Waals surface area contributed by atoms with Gasteiger partial charge < -0.3 is 20.5 Å². The zero-order valence-corrected chi connectivity index (χ0v) is 22.9. The van der Waals surface area contributed by atoms with Crippen molar-refractivity contribution in [1.29, 1.82) is 0 Å². The Kier molecular flexibility index (Phi) is 7.79. The van der Waals surface area contributed by atoms with Crippen LogP contribution in [-0.4, -0.2) is 52.8 Å². The summed E-state index contributed by atoms with van der Waals surface area (Å²) in [6.07, 6.45) is 3.40. The summed E-state index contributed by atoms with van der Waals surface area (Å²) in [6, 6.07) is 15.8. The van der Waals surface area contributed by atoms with E-state index in [0.29, 0.717) is 22.9 Å². The van der Waals surface area contributed by atoms with Gasteiger partial charge in [0.15, 0.2) is 0 Å². The van der Waals surface area contributed by atoms with Crippen LogP contribution in [0, 0.1) is 5.82 Å². The summed E-state index contributed by atoms with van der Waals surface area (Å²) in [5.41, 5.74) is 9.89. The smallest absolute Gasteiger partial charge is 0.241 e. The number of fused-ring (bicyclic) bond motifs is 1. The van der Waals surface area contributed by atoms with E-state index >= 15 is 0 Å². The van der Waals surface area contributed by atoms with Crippen molar-refractivity contribution in [2.75, 3.05) is 19.6 Å². The lowest BCUT2D eigenvalue weighted by Crippen LogP contribution is -2.52. The molecule has 2 aliphatic heterocycles. The Bertz CT molecular complexity index is 1380. The van der Waals surface area contributed by atoms with E-state index in [1.165, 1.54) is 12.1 Å². The van der Waals surface area contributed by atoms with Crippen LogP contribution in [0.25, 0.3) is 11.1 Å². The third kappa shape index (κ3) is 5.73. The van der Waals surface area contributed by atoms with Crippen LogP contribution in [0.15, 0.2) is 60.7 Å². The Labute approximate surface area is 238 Å². The van der Waals surface area contributed by atoms with Gasteiger partial charge >= 0.3 is 0 Å². The van der Waals surface area contributed by atoms with Crippen LogP contribution >= 0.6 is 11.6 Å². The van der Waals surface area contributed by atoms with E-state index < -0.39 is 24.1 Å². The fourth-order valence-electron chi connectivity index (χ4n) is 5.67. The van der Waals surface area contributed by atoms with Crippen LogP contribution in [0.2, 0.25) is 5.02 Å². The van der Waals surface area contributed by atoms with Crippen LogP contribution in [0.1, 0.15) is 54.5 Å². The molecular weight excluding hydrogens is 533 g/mol. The van der Waals surface area contributed by atoms with E-state index in [4.69, 9.17) is 26.9 Å². The number of rotatable bonds is 9.